The van der Waals surface area contributed by atoms with E-state index in [9.17, 15) is 8.78 Å². The highest BCUT2D eigenvalue weighted by atomic mass is 19.1. The lowest BCUT2D eigenvalue weighted by Crippen LogP contribution is -2.29. The van der Waals surface area contributed by atoms with Gasteiger partial charge in [0, 0.05) is 23.7 Å². The molecule has 0 fully saturated rings. The second kappa shape index (κ2) is 8.26. The Hall–Kier alpha value is -0.960. The van der Waals surface area contributed by atoms with Gasteiger partial charge in [0.05, 0.1) is 0 Å². The molecule has 0 aliphatic rings. The average Bonchev–Trinajstić information content (AvgIpc) is 2.34. The third kappa shape index (κ3) is 5.68. The molecule has 2 unspecified atom stereocenters. The summed E-state index contributed by atoms with van der Waals surface area (Å²) in [6, 6.07) is 4.02. The first-order chi connectivity index (χ1) is 9.04. The molecule has 0 spiro atoms. The molecule has 0 aliphatic carbocycles. The summed E-state index contributed by atoms with van der Waals surface area (Å²) in [7, 11) is 0. The Kier molecular flexibility index (Phi) is 7.00. The van der Waals surface area contributed by atoms with E-state index in [1.54, 1.807) is 0 Å². The minimum Gasteiger partial charge on any atom is -0.308 e. The number of hydrogen-bond donors (Lipinski definition) is 1. The maximum atomic E-state index is 13.6. The molecule has 19 heavy (non-hydrogen) atoms. The fraction of sp³-hybridized carbons (Fsp3) is 0.625. The van der Waals surface area contributed by atoms with Gasteiger partial charge in [-0.1, -0.05) is 38.7 Å². The molecular weight excluding hydrogens is 244 g/mol. The highest BCUT2D eigenvalue weighted by Gasteiger charge is 2.13. The Balaban J connectivity index is 2.43. The summed E-state index contributed by atoms with van der Waals surface area (Å²) >= 11 is 0. The summed E-state index contributed by atoms with van der Waals surface area (Å²) in [5, 5.41) is 3.37. The lowest BCUT2D eigenvalue weighted by atomic mass is 10.0. The molecule has 0 aliphatic heterocycles. The molecule has 1 aromatic rings. The summed E-state index contributed by atoms with van der Waals surface area (Å²) in [5.74, 6) is -1.00. The van der Waals surface area contributed by atoms with Crippen LogP contribution in [-0.4, -0.2) is 6.04 Å². The van der Waals surface area contributed by atoms with E-state index in [1.807, 2.05) is 6.92 Å². The van der Waals surface area contributed by atoms with Crippen LogP contribution in [0.25, 0.3) is 0 Å². The third-order valence-corrected chi connectivity index (χ3v) is 3.45. The van der Waals surface area contributed by atoms with Crippen LogP contribution in [0.2, 0.25) is 0 Å². The topological polar surface area (TPSA) is 12.0 Å². The minimum absolute atomic E-state index is 0.0956. The highest BCUT2D eigenvalue weighted by molar-refractivity contribution is 5.21. The lowest BCUT2D eigenvalue weighted by molar-refractivity contribution is 0.427. The van der Waals surface area contributed by atoms with E-state index in [1.165, 1.54) is 37.8 Å². The van der Waals surface area contributed by atoms with E-state index in [4.69, 9.17) is 0 Å². The van der Waals surface area contributed by atoms with Gasteiger partial charge in [-0.25, -0.2) is 8.78 Å². The predicted octanol–water partition coefficient (Wildman–Crippen LogP) is 4.97. The molecule has 108 valence electrons. The minimum atomic E-state index is -0.527. The van der Waals surface area contributed by atoms with E-state index in [2.05, 4.69) is 19.2 Å². The summed E-state index contributed by atoms with van der Waals surface area (Å²) in [5.41, 5.74) is 0.529. The summed E-state index contributed by atoms with van der Waals surface area (Å²) in [6.07, 6.45) is 6.05. The first-order valence-electron chi connectivity index (χ1n) is 7.25. The predicted molar refractivity (Wildman–Crippen MR) is 76.1 cm³/mol. The molecule has 0 saturated carbocycles. The number of unbranched alkanes of at least 4 members (excludes halogenated alkanes) is 3. The first kappa shape index (κ1) is 16.1. The van der Waals surface area contributed by atoms with Crippen molar-refractivity contribution in [3.8, 4) is 0 Å². The number of benzene rings is 1. The zero-order valence-corrected chi connectivity index (χ0v) is 12.2. The van der Waals surface area contributed by atoms with Crippen molar-refractivity contribution in [1.82, 2.24) is 5.32 Å². The zero-order chi connectivity index (χ0) is 14.3. The first-order valence-corrected chi connectivity index (χ1v) is 7.25. The smallest absolute Gasteiger partial charge is 0.130 e. The van der Waals surface area contributed by atoms with Crippen molar-refractivity contribution < 1.29 is 8.78 Å². The van der Waals surface area contributed by atoms with Crippen molar-refractivity contribution in [2.45, 2.75) is 65.0 Å². The van der Waals surface area contributed by atoms with Gasteiger partial charge in [-0.3, -0.25) is 0 Å². The standard InChI is InChI=1S/C16H25F2N/c1-4-5-6-7-8-12(2)19-13(3)15-10-9-14(17)11-16(15)18/h9-13,19H,4-8H2,1-3H3. The zero-order valence-electron chi connectivity index (χ0n) is 12.2. The molecule has 1 rings (SSSR count). The Bertz CT molecular complexity index is 379. The molecule has 3 heteroatoms. The molecule has 0 radical (unpaired) electrons. The van der Waals surface area contributed by atoms with E-state index < -0.39 is 11.6 Å². The second-order valence-corrected chi connectivity index (χ2v) is 5.30. The number of hydrogen-bond acceptors (Lipinski definition) is 1. The lowest BCUT2D eigenvalue weighted by Gasteiger charge is -2.20. The maximum Gasteiger partial charge on any atom is 0.130 e. The van der Waals surface area contributed by atoms with Crippen LogP contribution in [-0.2, 0) is 0 Å². The monoisotopic (exact) mass is 269 g/mol. The summed E-state index contributed by atoms with van der Waals surface area (Å²) < 4.78 is 26.5. The molecule has 2 atom stereocenters. The van der Waals surface area contributed by atoms with Gasteiger partial charge in [-0.2, -0.15) is 0 Å². The molecule has 1 nitrogen and oxygen atoms in total. The molecule has 0 bridgehead atoms. The van der Waals surface area contributed by atoms with Crippen LogP contribution in [0.4, 0.5) is 8.78 Å². The number of rotatable bonds is 8. The van der Waals surface area contributed by atoms with Gasteiger partial charge >= 0.3 is 0 Å². The molecule has 0 heterocycles. The van der Waals surface area contributed by atoms with Crippen LogP contribution in [0.1, 0.15) is 64.5 Å². The van der Waals surface area contributed by atoms with Crippen molar-refractivity contribution >= 4 is 0 Å². The molecule has 1 aromatic carbocycles. The van der Waals surface area contributed by atoms with Gasteiger partial charge in [0.25, 0.3) is 0 Å². The molecule has 0 saturated heterocycles. The average molecular weight is 269 g/mol. The van der Waals surface area contributed by atoms with Gasteiger partial charge in [-0.15, -0.1) is 0 Å². The van der Waals surface area contributed by atoms with Crippen LogP contribution in [0.3, 0.4) is 0 Å². The van der Waals surface area contributed by atoms with Crippen LogP contribution in [0, 0.1) is 11.6 Å². The van der Waals surface area contributed by atoms with Crippen LogP contribution in [0.5, 0.6) is 0 Å². The summed E-state index contributed by atoms with van der Waals surface area (Å²) in [4.78, 5) is 0. The van der Waals surface area contributed by atoms with Crippen molar-refractivity contribution in [2.75, 3.05) is 0 Å². The molecule has 0 aromatic heterocycles. The van der Waals surface area contributed by atoms with Gasteiger partial charge in [-0.05, 0) is 26.3 Å². The van der Waals surface area contributed by atoms with Gasteiger partial charge in [0.15, 0.2) is 0 Å². The molecule has 0 amide bonds. The van der Waals surface area contributed by atoms with Crippen LogP contribution >= 0.6 is 0 Å². The van der Waals surface area contributed by atoms with Gasteiger partial charge in [0.1, 0.15) is 11.6 Å². The Labute approximate surface area is 115 Å². The summed E-state index contributed by atoms with van der Waals surface area (Å²) in [6.45, 7) is 6.23. The van der Waals surface area contributed by atoms with Gasteiger partial charge in [0.2, 0.25) is 0 Å². The normalized spacial score (nSPS) is 14.4. The van der Waals surface area contributed by atoms with Crippen molar-refractivity contribution in [3.05, 3.63) is 35.4 Å². The fourth-order valence-corrected chi connectivity index (χ4v) is 2.33. The third-order valence-electron chi connectivity index (χ3n) is 3.45. The molecule has 1 N–H and O–H groups in total. The molecular formula is C16H25F2N. The maximum absolute atomic E-state index is 13.6. The van der Waals surface area contributed by atoms with Crippen LogP contribution < -0.4 is 5.32 Å². The Morgan fingerprint density at radius 2 is 1.84 bits per heavy atom. The fourth-order valence-electron chi connectivity index (χ4n) is 2.33. The van der Waals surface area contributed by atoms with E-state index in [0.29, 0.717) is 11.6 Å². The quantitative estimate of drug-likeness (QED) is 0.657. The number of nitrogens with one attached hydrogen (secondary N) is 1. The number of halogens is 2. The van der Waals surface area contributed by atoms with E-state index in [-0.39, 0.29) is 6.04 Å². The van der Waals surface area contributed by atoms with Crippen molar-refractivity contribution in [3.63, 3.8) is 0 Å². The van der Waals surface area contributed by atoms with Crippen molar-refractivity contribution in [1.29, 1.82) is 0 Å². The van der Waals surface area contributed by atoms with Crippen LogP contribution in [0.15, 0.2) is 18.2 Å². The highest BCUT2D eigenvalue weighted by Crippen LogP contribution is 2.19. The van der Waals surface area contributed by atoms with E-state index in [0.717, 1.165) is 12.5 Å². The largest absolute Gasteiger partial charge is 0.308 e. The Morgan fingerprint density at radius 3 is 2.47 bits per heavy atom. The van der Waals surface area contributed by atoms with Gasteiger partial charge < -0.3 is 5.32 Å². The van der Waals surface area contributed by atoms with E-state index >= 15 is 0 Å². The SMILES string of the molecule is CCCCCCC(C)NC(C)c1ccc(F)cc1F. The van der Waals surface area contributed by atoms with Crippen molar-refractivity contribution in [2.24, 2.45) is 0 Å². The second-order valence-electron chi connectivity index (χ2n) is 5.30. The Morgan fingerprint density at radius 1 is 1.11 bits per heavy atom.